The monoisotopic (exact) mass is 340 g/mol. The molecule has 1 aliphatic rings. The Hall–Kier alpha value is -3.00. The van der Waals surface area contributed by atoms with Crippen LogP contribution >= 0.6 is 11.8 Å². The van der Waals surface area contributed by atoms with E-state index >= 15 is 0 Å². The highest BCUT2D eigenvalue weighted by Crippen LogP contribution is 2.33. The van der Waals surface area contributed by atoms with Crippen LogP contribution in [0.3, 0.4) is 0 Å². The van der Waals surface area contributed by atoms with E-state index in [0.29, 0.717) is 21.5 Å². The molecule has 8 heteroatoms. The molecule has 0 saturated carbocycles. The van der Waals surface area contributed by atoms with Crippen molar-refractivity contribution >= 4 is 40.4 Å². The smallest absolute Gasteiger partial charge is 0.270 e. The maximum atomic E-state index is 12.3. The summed E-state index contributed by atoms with van der Waals surface area (Å²) in [6.45, 7) is 0. The van der Waals surface area contributed by atoms with Crippen molar-refractivity contribution in [3.8, 4) is 0 Å². The molecule has 24 heavy (non-hydrogen) atoms. The van der Waals surface area contributed by atoms with Gasteiger partial charge in [-0.2, -0.15) is 0 Å². The van der Waals surface area contributed by atoms with E-state index in [1.165, 1.54) is 28.8 Å². The van der Waals surface area contributed by atoms with Gasteiger partial charge in [0.1, 0.15) is 0 Å². The van der Waals surface area contributed by atoms with Gasteiger partial charge in [-0.25, -0.2) is 9.98 Å². The van der Waals surface area contributed by atoms with Crippen LogP contribution in [0.1, 0.15) is 5.56 Å². The third kappa shape index (κ3) is 3.33. The number of nitrogens with zero attached hydrogens (tertiary/aromatic N) is 4. The highest BCUT2D eigenvalue weighted by molar-refractivity contribution is 8.18. The van der Waals surface area contributed by atoms with E-state index in [2.05, 4.69) is 9.98 Å². The number of hydrogen-bond acceptors (Lipinski definition) is 6. The van der Waals surface area contributed by atoms with Crippen molar-refractivity contribution in [1.82, 2.24) is 9.88 Å². The Morgan fingerprint density at radius 2 is 2.12 bits per heavy atom. The molecule has 1 aliphatic heterocycles. The van der Waals surface area contributed by atoms with Gasteiger partial charge in [0.05, 0.1) is 9.83 Å². The molecule has 0 spiro atoms. The Morgan fingerprint density at radius 3 is 2.83 bits per heavy atom. The number of hydrogen-bond donors (Lipinski definition) is 0. The second-order valence-corrected chi connectivity index (χ2v) is 5.92. The zero-order chi connectivity index (χ0) is 17.1. The molecule has 0 aliphatic carbocycles. The maximum absolute atomic E-state index is 12.3. The summed E-state index contributed by atoms with van der Waals surface area (Å²) in [6.07, 6.45) is 3.25. The number of nitro benzene ring substituents is 1. The number of carbonyl (C=O) groups excluding carboxylic acids is 1. The van der Waals surface area contributed by atoms with Crippen molar-refractivity contribution in [2.24, 2.45) is 4.99 Å². The summed E-state index contributed by atoms with van der Waals surface area (Å²) in [4.78, 5) is 33.0. The van der Waals surface area contributed by atoms with E-state index in [1.807, 2.05) is 6.07 Å². The topological polar surface area (TPSA) is 88.7 Å². The van der Waals surface area contributed by atoms with Crippen LogP contribution in [0, 0.1) is 10.1 Å². The van der Waals surface area contributed by atoms with Gasteiger partial charge in [-0.05, 0) is 35.5 Å². The first-order valence-electron chi connectivity index (χ1n) is 6.96. The second-order valence-electron chi connectivity index (χ2n) is 4.91. The van der Waals surface area contributed by atoms with Gasteiger partial charge < -0.3 is 0 Å². The lowest BCUT2D eigenvalue weighted by atomic mass is 10.2. The van der Waals surface area contributed by atoms with Crippen molar-refractivity contribution in [3.63, 3.8) is 0 Å². The molecular weight excluding hydrogens is 328 g/mol. The molecule has 2 heterocycles. The van der Waals surface area contributed by atoms with Gasteiger partial charge >= 0.3 is 0 Å². The average molecular weight is 340 g/mol. The minimum Gasteiger partial charge on any atom is -0.289 e. The number of aliphatic imine (C=N–C) groups is 1. The zero-order valence-electron chi connectivity index (χ0n) is 12.6. The highest BCUT2D eigenvalue weighted by atomic mass is 32.2. The molecule has 120 valence electrons. The Morgan fingerprint density at radius 1 is 1.29 bits per heavy atom. The normalized spacial score (nSPS) is 17.7. The van der Waals surface area contributed by atoms with Crippen LogP contribution in [0.15, 0.2) is 58.6 Å². The van der Waals surface area contributed by atoms with Gasteiger partial charge in [-0.1, -0.05) is 18.2 Å². The van der Waals surface area contributed by atoms with E-state index in [0.717, 1.165) is 0 Å². The summed E-state index contributed by atoms with van der Waals surface area (Å²) in [7, 11) is 1.63. The van der Waals surface area contributed by atoms with E-state index < -0.39 is 4.92 Å². The molecule has 1 fully saturated rings. The lowest BCUT2D eigenvalue weighted by Gasteiger charge is -2.06. The summed E-state index contributed by atoms with van der Waals surface area (Å²) >= 11 is 1.21. The number of carbonyl (C=O) groups is 1. The first-order valence-corrected chi connectivity index (χ1v) is 7.78. The molecule has 7 nitrogen and oxygen atoms in total. The van der Waals surface area contributed by atoms with Gasteiger partial charge in [0.2, 0.25) is 0 Å². The van der Waals surface area contributed by atoms with Crippen LogP contribution in [-0.2, 0) is 4.79 Å². The summed E-state index contributed by atoms with van der Waals surface area (Å²) in [5.41, 5.74) is 0.572. The van der Waals surface area contributed by atoms with Gasteiger partial charge in [0.25, 0.3) is 11.6 Å². The Bertz CT molecular complexity index is 865. The molecule has 1 aromatic carbocycles. The van der Waals surface area contributed by atoms with Crippen molar-refractivity contribution in [2.75, 3.05) is 7.05 Å². The highest BCUT2D eigenvalue weighted by Gasteiger charge is 2.30. The van der Waals surface area contributed by atoms with Crippen LogP contribution in [0.5, 0.6) is 0 Å². The minimum absolute atomic E-state index is 0.0180. The summed E-state index contributed by atoms with van der Waals surface area (Å²) in [5.74, 6) is 0.303. The number of likely N-dealkylation sites (N-methyl/N-ethyl adjacent to an activating group) is 1. The van der Waals surface area contributed by atoms with Crippen LogP contribution in [0.4, 0.5) is 11.5 Å². The van der Waals surface area contributed by atoms with Crippen LogP contribution in [0.2, 0.25) is 0 Å². The molecule has 0 atom stereocenters. The average Bonchev–Trinajstić information content (AvgIpc) is 2.84. The lowest BCUT2D eigenvalue weighted by Crippen LogP contribution is -2.23. The first kappa shape index (κ1) is 15.9. The number of non-ortho nitro benzene ring substituents is 1. The standard InChI is InChI=1S/C16H12N4O3S/c1-19-15(21)13(10-11-5-4-6-12(9-11)20(22)23)24-16(19)18-14-7-2-3-8-17-14/h2-10H,1H3/b13-10-,18-16+. The van der Waals surface area contributed by atoms with Gasteiger partial charge in [0, 0.05) is 25.4 Å². The minimum atomic E-state index is -0.467. The van der Waals surface area contributed by atoms with Crippen LogP contribution in [-0.4, -0.2) is 32.9 Å². The summed E-state index contributed by atoms with van der Waals surface area (Å²) in [6, 6.07) is 11.5. The number of pyridine rings is 1. The Kier molecular flexibility index (Phi) is 4.39. The molecule has 0 N–H and O–H groups in total. The maximum Gasteiger partial charge on any atom is 0.270 e. The van der Waals surface area contributed by atoms with E-state index in [-0.39, 0.29) is 11.6 Å². The lowest BCUT2D eigenvalue weighted by molar-refractivity contribution is -0.384. The molecule has 1 amide bonds. The molecule has 1 saturated heterocycles. The third-order valence-electron chi connectivity index (χ3n) is 3.24. The second kappa shape index (κ2) is 6.63. The third-order valence-corrected chi connectivity index (χ3v) is 4.30. The summed E-state index contributed by atoms with van der Waals surface area (Å²) < 4.78 is 0. The molecule has 0 bridgehead atoms. The number of thioether (sulfide) groups is 1. The van der Waals surface area contributed by atoms with Crippen molar-refractivity contribution in [2.45, 2.75) is 0 Å². The predicted molar refractivity (Wildman–Crippen MR) is 92.8 cm³/mol. The van der Waals surface area contributed by atoms with Crippen LogP contribution in [0.25, 0.3) is 6.08 Å². The summed E-state index contributed by atoms with van der Waals surface area (Å²) in [5, 5.41) is 11.4. The molecule has 0 unspecified atom stereocenters. The number of amidine groups is 1. The Balaban J connectivity index is 1.90. The molecule has 2 aromatic rings. The number of rotatable bonds is 3. The van der Waals surface area contributed by atoms with Gasteiger partial charge in [-0.3, -0.25) is 19.8 Å². The number of aromatic nitrogens is 1. The predicted octanol–water partition coefficient (Wildman–Crippen LogP) is 3.22. The number of amides is 1. The fourth-order valence-corrected chi connectivity index (χ4v) is 3.02. The molecular formula is C16H12N4O3S. The number of benzene rings is 1. The van der Waals surface area contributed by atoms with Crippen molar-refractivity contribution in [3.05, 3.63) is 69.2 Å². The van der Waals surface area contributed by atoms with Crippen LogP contribution < -0.4 is 0 Å². The van der Waals surface area contributed by atoms with Gasteiger partial charge in [-0.15, -0.1) is 0 Å². The SMILES string of the molecule is CN1C(=O)/C(=C/c2cccc([N+](=O)[O-])c2)S/C1=N/c1ccccn1. The first-order chi connectivity index (χ1) is 11.5. The van der Waals surface area contributed by atoms with E-state index in [9.17, 15) is 14.9 Å². The fraction of sp³-hybridized carbons (Fsp3) is 0.0625. The molecule has 0 radical (unpaired) electrons. The quantitative estimate of drug-likeness (QED) is 0.486. The van der Waals surface area contributed by atoms with Crippen molar-refractivity contribution in [1.29, 1.82) is 0 Å². The fourth-order valence-electron chi connectivity index (χ4n) is 2.05. The zero-order valence-corrected chi connectivity index (χ0v) is 13.4. The molecule has 3 rings (SSSR count). The largest absolute Gasteiger partial charge is 0.289 e. The number of nitro groups is 1. The van der Waals surface area contributed by atoms with E-state index in [1.54, 1.807) is 43.6 Å². The van der Waals surface area contributed by atoms with Crippen molar-refractivity contribution < 1.29 is 9.72 Å². The van der Waals surface area contributed by atoms with E-state index in [4.69, 9.17) is 0 Å². The van der Waals surface area contributed by atoms with Gasteiger partial charge in [0.15, 0.2) is 11.0 Å². The molecule has 1 aromatic heterocycles. The Labute approximate surface area is 141 Å².